The summed E-state index contributed by atoms with van der Waals surface area (Å²) in [7, 11) is 0. The Labute approximate surface area is 174 Å². The van der Waals surface area contributed by atoms with Crippen molar-refractivity contribution in [2.75, 3.05) is 11.9 Å². The van der Waals surface area contributed by atoms with Crippen LogP contribution in [0.5, 0.6) is 0 Å². The number of hydrogen-bond acceptors (Lipinski definition) is 3. The number of aliphatic hydroxyl groups excluding tert-OH is 1. The van der Waals surface area contributed by atoms with Crippen LogP contribution in [-0.2, 0) is 4.79 Å². The maximum absolute atomic E-state index is 12.1. The fourth-order valence-corrected chi connectivity index (χ4v) is 4.05. The molecule has 1 atom stereocenters. The summed E-state index contributed by atoms with van der Waals surface area (Å²) < 4.78 is 0. The molecule has 2 aliphatic carbocycles. The third-order valence-corrected chi connectivity index (χ3v) is 5.90. The second-order valence-corrected chi connectivity index (χ2v) is 9.77. The van der Waals surface area contributed by atoms with Gasteiger partial charge in [0.1, 0.15) is 0 Å². The molecule has 2 aliphatic rings. The zero-order valence-electron chi connectivity index (χ0n) is 17.6. The normalized spacial score (nSPS) is 19.8. The quantitative estimate of drug-likeness (QED) is 0.482. The topological polar surface area (TPSA) is 49.3 Å². The van der Waals surface area contributed by atoms with E-state index in [2.05, 4.69) is 50.1 Å². The number of aliphatic hydroxyl groups is 1. The van der Waals surface area contributed by atoms with Gasteiger partial charge in [0.05, 0.1) is 10.6 Å². The van der Waals surface area contributed by atoms with Crippen LogP contribution in [0.15, 0.2) is 23.6 Å². The first kappa shape index (κ1) is 22.7. The molecule has 154 valence electrons. The molecule has 4 heteroatoms. The van der Waals surface area contributed by atoms with Crippen molar-refractivity contribution in [3.05, 3.63) is 28.5 Å². The summed E-state index contributed by atoms with van der Waals surface area (Å²) in [6, 6.07) is 1.96. The highest BCUT2D eigenvalue weighted by atomic mass is 32.1. The number of thiophene rings is 1. The van der Waals surface area contributed by atoms with E-state index in [1.54, 1.807) is 11.3 Å². The number of carbonyl (C=O) groups is 1. The molecule has 1 amide bonds. The molecule has 0 aromatic carbocycles. The first-order valence-corrected chi connectivity index (χ1v) is 11.4. The lowest BCUT2D eigenvalue weighted by atomic mass is 9.90. The predicted molar refractivity (Wildman–Crippen MR) is 119 cm³/mol. The van der Waals surface area contributed by atoms with Crippen molar-refractivity contribution in [2.24, 2.45) is 17.3 Å². The molecule has 2 N–H and O–H groups in total. The van der Waals surface area contributed by atoms with Gasteiger partial charge in [0.15, 0.2) is 0 Å². The van der Waals surface area contributed by atoms with Crippen LogP contribution >= 0.6 is 11.3 Å². The van der Waals surface area contributed by atoms with E-state index < -0.39 is 0 Å². The summed E-state index contributed by atoms with van der Waals surface area (Å²) in [5.74, 6) is 7.26. The fraction of sp³-hybridized carbons (Fsp3) is 0.625. The Morgan fingerprint density at radius 1 is 1.21 bits per heavy atom. The van der Waals surface area contributed by atoms with Gasteiger partial charge in [0.25, 0.3) is 0 Å². The summed E-state index contributed by atoms with van der Waals surface area (Å²) in [6.45, 7) is 6.69. The van der Waals surface area contributed by atoms with Crippen molar-refractivity contribution in [1.82, 2.24) is 0 Å². The lowest BCUT2D eigenvalue weighted by molar-refractivity contribution is -0.120. The van der Waals surface area contributed by atoms with Crippen molar-refractivity contribution in [1.29, 1.82) is 0 Å². The van der Waals surface area contributed by atoms with E-state index in [9.17, 15) is 4.79 Å². The van der Waals surface area contributed by atoms with Crippen molar-refractivity contribution >= 4 is 22.9 Å². The zero-order chi connectivity index (χ0) is 20.4. The number of rotatable bonds is 3. The zero-order valence-corrected chi connectivity index (χ0v) is 18.4. The maximum atomic E-state index is 12.1. The molecule has 3 rings (SSSR count). The van der Waals surface area contributed by atoms with Crippen LogP contribution in [0.4, 0.5) is 5.69 Å². The molecular formula is C24H35NO2S. The summed E-state index contributed by atoms with van der Waals surface area (Å²) in [5, 5.41) is 13.7. The maximum Gasteiger partial charge on any atom is 0.227 e. The smallest absolute Gasteiger partial charge is 0.227 e. The standard InChI is InChI=1S/C17H21NOS.C7H14O/c1-17(2,3)10-9-15-11-14(12-20-15)18-16(19)13-7-5-4-6-8-13;8-6-7-4-2-1-3-5-7/h4-5,11-13H,6-8H2,1-3H3,(H,18,19);7-8H,1-6H2/t13-;/m0./s1. The largest absolute Gasteiger partial charge is 0.396 e. The van der Waals surface area contributed by atoms with E-state index in [0.29, 0.717) is 12.5 Å². The van der Waals surface area contributed by atoms with Gasteiger partial charge in [-0.2, -0.15) is 0 Å². The van der Waals surface area contributed by atoms with Crippen LogP contribution in [0.2, 0.25) is 0 Å². The Kier molecular flexibility index (Phi) is 9.28. The predicted octanol–water partition coefficient (Wildman–Crippen LogP) is 6.00. The van der Waals surface area contributed by atoms with E-state index in [4.69, 9.17) is 5.11 Å². The summed E-state index contributed by atoms with van der Waals surface area (Å²) in [6.07, 6.45) is 13.6. The Morgan fingerprint density at radius 2 is 1.96 bits per heavy atom. The van der Waals surface area contributed by atoms with Crippen LogP contribution in [0.25, 0.3) is 0 Å². The number of allylic oxidation sites excluding steroid dienone is 2. The van der Waals surface area contributed by atoms with Gasteiger partial charge in [0.2, 0.25) is 5.91 Å². The number of anilines is 1. The van der Waals surface area contributed by atoms with Gasteiger partial charge in [-0.1, -0.05) is 43.3 Å². The van der Waals surface area contributed by atoms with Gasteiger partial charge in [-0.15, -0.1) is 11.3 Å². The van der Waals surface area contributed by atoms with Gasteiger partial charge < -0.3 is 10.4 Å². The minimum atomic E-state index is 0.00182. The van der Waals surface area contributed by atoms with E-state index in [1.807, 2.05) is 11.4 Å². The molecule has 1 saturated carbocycles. The van der Waals surface area contributed by atoms with E-state index in [-0.39, 0.29) is 17.2 Å². The van der Waals surface area contributed by atoms with E-state index >= 15 is 0 Å². The minimum Gasteiger partial charge on any atom is -0.396 e. The number of carbonyl (C=O) groups excluding carboxylic acids is 1. The molecule has 0 unspecified atom stereocenters. The van der Waals surface area contributed by atoms with Crippen molar-refractivity contribution < 1.29 is 9.90 Å². The molecule has 0 bridgehead atoms. The molecule has 0 saturated heterocycles. The lowest BCUT2D eigenvalue weighted by Crippen LogP contribution is -2.23. The third kappa shape index (κ3) is 8.63. The Hall–Kier alpha value is -1.57. The molecule has 28 heavy (non-hydrogen) atoms. The molecule has 0 radical (unpaired) electrons. The molecular weight excluding hydrogens is 366 g/mol. The van der Waals surface area contributed by atoms with E-state index in [0.717, 1.165) is 29.8 Å². The molecule has 1 aromatic rings. The van der Waals surface area contributed by atoms with Crippen LogP contribution in [0, 0.1) is 29.1 Å². The highest BCUT2D eigenvalue weighted by Gasteiger charge is 2.19. The van der Waals surface area contributed by atoms with E-state index in [1.165, 1.54) is 32.1 Å². The molecule has 1 fully saturated rings. The SMILES string of the molecule is CC(C)(C)C#Cc1cc(NC(=O)[C@H]2CC=CCC2)cs1.OCC1CCCCC1. The highest BCUT2D eigenvalue weighted by Crippen LogP contribution is 2.24. The fourth-order valence-electron chi connectivity index (χ4n) is 3.36. The van der Waals surface area contributed by atoms with Gasteiger partial charge in [-0.25, -0.2) is 0 Å². The molecule has 0 spiro atoms. The Balaban J connectivity index is 0.000000292. The average molecular weight is 402 g/mol. The van der Waals surface area contributed by atoms with Gasteiger partial charge in [0, 0.05) is 23.3 Å². The van der Waals surface area contributed by atoms with Gasteiger partial charge >= 0.3 is 0 Å². The van der Waals surface area contributed by atoms with Crippen molar-refractivity contribution in [2.45, 2.75) is 72.1 Å². The average Bonchev–Trinajstić information content (AvgIpc) is 3.15. The van der Waals surface area contributed by atoms with Crippen LogP contribution in [-0.4, -0.2) is 17.6 Å². The first-order valence-electron chi connectivity index (χ1n) is 10.6. The Bertz CT molecular complexity index is 696. The lowest BCUT2D eigenvalue weighted by Gasteiger charge is -2.18. The van der Waals surface area contributed by atoms with Crippen LogP contribution in [0.3, 0.4) is 0 Å². The first-order chi connectivity index (χ1) is 13.4. The number of amides is 1. The summed E-state index contributed by atoms with van der Waals surface area (Å²) in [5.41, 5.74) is 0.870. The van der Waals surface area contributed by atoms with Gasteiger partial charge in [-0.3, -0.25) is 4.79 Å². The molecule has 1 aromatic heterocycles. The Morgan fingerprint density at radius 3 is 2.54 bits per heavy atom. The molecule has 3 nitrogen and oxygen atoms in total. The minimum absolute atomic E-state index is 0.00182. The monoisotopic (exact) mass is 401 g/mol. The molecule has 1 heterocycles. The number of nitrogens with one attached hydrogen (secondary N) is 1. The third-order valence-electron chi connectivity index (χ3n) is 5.05. The number of hydrogen-bond donors (Lipinski definition) is 2. The second-order valence-electron chi connectivity index (χ2n) is 8.86. The summed E-state index contributed by atoms with van der Waals surface area (Å²) >= 11 is 1.58. The second kappa shape index (κ2) is 11.4. The highest BCUT2D eigenvalue weighted by molar-refractivity contribution is 7.11. The van der Waals surface area contributed by atoms with Crippen LogP contribution < -0.4 is 5.32 Å². The van der Waals surface area contributed by atoms with Crippen molar-refractivity contribution in [3.8, 4) is 11.8 Å². The summed E-state index contributed by atoms with van der Waals surface area (Å²) in [4.78, 5) is 13.1. The van der Waals surface area contributed by atoms with Gasteiger partial charge in [-0.05, 0) is 64.9 Å². The van der Waals surface area contributed by atoms with Crippen LogP contribution in [0.1, 0.15) is 77.0 Å². The molecule has 0 aliphatic heterocycles. The van der Waals surface area contributed by atoms with Crippen molar-refractivity contribution in [3.63, 3.8) is 0 Å².